The molecule has 0 unspecified atom stereocenters. The van der Waals surface area contributed by atoms with E-state index < -0.39 is 12.0 Å². The monoisotopic (exact) mass is 292 g/mol. The Morgan fingerprint density at radius 2 is 2.00 bits per heavy atom. The molecular formula is C16H24N2O3. The maximum Gasteiger partial charge on any atom is 0.326 e. The van der Waals surface area contributed by atoms with Gasteiger partial charge < -0.3 is 10.4 Å². The second-order valence-electron chi connectivity index (χ2n) is 5.55. The van der Waals surface area contributed by atoms with Crippen LogP contribution in [0.15, 0.2) is 24.3 Å². The second kappa shape index (κ2) is 7.67. The van der Waals surface area contributed by atoms with Crippen LogP contribution in [-0.2, 0) is 4.79 Å². The summed E-state index contributed by atoms with van der Waals surface area (Å²) in [6.07, 6.45) is 0.409. The van der Waals surface area contributed by atoms with Crippen LogP contribution in [0.5, 0.6) is 0 Å². The van der Waals surface area contributed by atoms with Gasteiger partial charge in [-0.25, -0.2) is 9.59 Å². The lowest BCUT2D eigenvalue weighted by Gasteiger charge is -2.25. The van der Waals surface area contributed by atoms with Gasteiger partial charge in [0.15, 0.2) is 0 Å². The number of nitrogens with one attached hydrogen (secondary N) is 1. The van der Waals surface area contributed by atoms with Crippen LogP contribution in [0.3, 0.4) is 0 Å². The molecule has 0 saturated heterocycles. The van der Waals surface area contributed by atoms with E-state index in [0.717, 1.165) is 11.3 Å². The lowest BCUT2D eigenvalue weighted by molar-refractivity contribution is -0.139. The molecule has 1 atom stereocenters. The predicted molar refractivity (Wildman–Crippen MR) is 83.6 cm³/mol. The molecule has 5 nitrogen and oxygen atoms in total. The molecule has 0 aliphatic heterocycles. The number of carboxylic acid groups (broad SMARTS) is 1. The number of nitrogens with zero attached hydrogens (tertiary/aromatic N) is 1. The molecule has 0 bridgehead atoms. The van der Waals surface area contributed by atoms with Crippen LogP contribution in [0.2, 0.25) is 0 Å². The second-order valence-corrected chi connectivity index (χ2v) is 5.55. The molecule has 0 fully saturated rings. The van der Waals surface area contributed by atoms with Crippen molar-refractivity contribution in [2.45, 2.75) is 40.2 Å². The average Bonchev–Trinajstić information content (AvgIpc) is 2.38. The molecule has 0 heterocycles. The molecule has 0 spiro atoms. The zero-order valence-electron chi connectivity index (χ0n) is 13.1. The van der Waals surface area contributed by atoms with Crippen molar-refractivity contribution >= 4 is 17.7 Å². The number of amides is 2. The van der Waals surface area contributed by atoms with Gasteiger partial charge in [-0.1, -0.05) is 26.0 Å². The number of hydrogen-bond acceptors (Lipinski definition) is 2. The van der Waals surface area contributed by atoms with E-state index in [-0.39, 0.29) is 11.9 Å². The molecular weight excluding hydrogens is 268 g/mol. The highest BCUT2D eigenvalue weighted by molar-refractivity contribution is 5.94. The fraction of sp³-hybridized carbons (Fsp3) is 0.500. The number of rotatable bonds is 6. The molecule has 0 saturated carbocycles. The highest BCUT2D eigenvalue weighted by atomic mass is 16.4. The third-order valence-corrected chi connectivity index (χ3v) is 3.18. The molecule has 116 valence electrons. The summed E-state index contributed by atoms with van der Waals surface area (Å²) < 4.78 is 0. The first-order valence-corrected chi connectivity index (χ1v) is 7.22. The summed E-state index contributed by atoms with van der Waals surface area (Å²) in [4.78, 5) is 25.1. The minimum absolute atomic E-state index is 0.195. The number of hydrogen-bond donors (Lipinski definition) is 2. The van der Waals surface area contributed by atoms with E-state index >= 15 is 0 Å². The van der Waals surface area contributed by atoms with Gasteiger partial charge in [-0.2, -0.15) is 0 Å². The van der Waals surface area contributed by atoms with E-state index in [1.54, 1.807) is 4.90 Å². The Morgan fingerprint density at radius 3 is 2.48 bits per heavy atom. The van der Waals surface area contributed by atoms with Crippen molar-refractivity contribution in [3.63, 3.8) is 0 Å². The number of aryl methyl sites for hydroxylation is 1. The van der Waals surface area contributed by atoms with Gasteiger partial charge in [-0.3, -0.25) is 4.90 Å². The minimum Gasteiger partial charge on any atom is -0.480 e. The maximum atomic E-state index is 12.3. The topological polar surface area (TPSA) is 69.6 Å². The van der Waals surface area contributed by atoms with E-state index in [2.05, 4.69) is 5.32 Å². The Bertz CT molecular complexity index is 500. The van der Waals surface area contributed by atoms with Crippen molar-refractivity contribution < 1.29 is 14.7 Å². The third-order valence-electron chi connectivity index (χ3n) is 3.18. The SMILES string of the molecule is CCN(C(=O)N[C@H](CC(C)C)C(=O)O)c1cccc(C)c1. The largest absolute Gasteiger partial charge is 0.480 e. The number of carbonyl (C=O) groups is 2. The van der Waals surface area contributed by atoms with Crippen LogP contribution in [0.1, 0.15) is 32.8 Å². The van der Waals surface area contributed by atoms with Crippen molar-refractivity contribution in [2.75, 3.05) is 11.4 Å². The summed E-state index contributed by atoms with van der Waals surface area (Å²) in [7, 11) is 0. The highest BCUT2D eigenvalue weighted by Gasteiger charge is 2.24. The fourth-order valence-electron chi connectivity index (χ4n) is 2.16. The molecule has 1 aromatic rings. The lowest BCUT2D eigenvalue weighted by Crippen LogP contribution is -2.48. The fourth-order valence-corrected chi connectivity index (χ4v) is 2.16. The molecule has 1 rings (SSSR count). The minimum atomic E-state index is -1.00. The van der Waals surface area contributed by atoms with Crippen LogP contribution >= 0.6 is 0 Å². The number of benzene rings is 1. The Morgan fingerprint density at radius 1 is 1.33 bits per heavy atom. The zero-order valence-corrected chi connectivity index (χ0v) is 13.1. The lowest BCUT2D eigenvalue weighted by atomic mass is 10.0. The zero-order chi connectivity index (χ0) is 16.0. The van der Waals surface area contributed by atoms with E-state index in [9.17, 15) is 14.7 Å². The Hall–Kier alpha value is -2.04. The molecule has 21 heavy (non-hydrogen) atoms. The summed E-state index contributed by atoms with van der Waals surface area (Å²) in [5, 5.41) is 11.8. The Balaban J connectivity index is 2.85. The molecule has 0 aliphatic rings. The van der Waals surface area contributed by atoms with Crippen molar-refractivity contribution in [2.24, 2.45) is 5.92 Å². The van der Waals surface area contributed by atoms with Gasteiger partial charge in [0.1, 0.15) is 6.04 Å². The molecule has 0 aromatic heterocycles. The summed E-state index contributed by atoms with van der Waals surface area (Å²) in [6, 6.07) is 6.33. The van der Waals surface area contributed by atoms with Crippen LogP contribution < -0.4 is 10.2 Å². The van der Waals surface area contributed by atoms with Gasteiger partial charge in [0.2, 0.25) is 0 Å². The van der Waals surface area contributed by atoms with Gasteiger partial charge in [0.05, 0.1) is 0 Å². The first kappa shape index (κ1) is 17.0. The van der Waals surface area contributed by atoms with Crippen molar-refractivity contribution in [3.05, 3.63) is 29.8 Å². The van der Waals surface area contributed by atoms with Crippen molar-refractivity contribution in [1.29, 1.82) is 0 Å². The predicted octanol–water partition coefficient (Wildman–Crippen LogP) is 3.03. The molecule has 1 aromatic carbocycles. The van der Waals surface area contributed by atoms with Crippen LogP contribution in [0, 0.1) is 12.8 Å². The van der Waals surface area contributed by atoms with Crippen molar-refractivity contribution in [3.8, 4) is 0 Å². The molecule has 5 heteroatoms. The summed E-state index contributed by atoms with van der Waals surface area (Å²) >= 11 is 0. The first-order valence-electron chi connectivity index (χ1n) is 7.22. The molecule has 0 aliphatic carbocycles. The number of carboxylic acids is 1. The smallest absolute Gasteiger partial charge is 0.326 e. The van der Waals surface area contributed by atoms with E-state index in [1.807, 2.05) is 52.0 Å². The van der Waals surface area contributed by atoms with Gasteiger partial charge >= 0.3 is 12.0 Å². The summed E-state index contributed by atoms with van der Waals surface area (Å²) in [5.41, 5.74) is 1.82. The number of urea groups is 1. The molecule has 0 radical (unpaired) electrons. The van der Waals surface area contributed by atoms with Crippen LogP contribution in [-0.4, -0.2) is 29.7 Å². The Kier molecular flexibility index (Phi) is 6.21. The number of carbonyl (C=O) groups excluding carboxylic acids is 1. The van der Waals surface area contributed by atoms with Crippen LogP contribution in [0.4, 0.5) is 10.5 Å². The van der Waals surface area contributed by atoms with Gasteiger partial charge in [-0.05, 0) is 43.9 Å². The van der Waals surface area contributed by atoms with Crippen molar-refractivity contribution in [1.82, 2.24) is 5.32 Å². The normalized spacial score (nSPS) is 12.0. The van der Waals surface area contributed by atoms with E-state index in [1.165, 1.54) is 0 Å². The highest BCUT2D eigenvalue weighted by Crippen LogP contribution is 2.16. The summed E-state index contributed by atoms with van der Waals surface area (Å²) in [5.74, 6) is -0.808. The first-order chi connectivity index (χ1) is 9.85. The standard InChI is InChI=1S/C16H24N2O3/c1-5-18(13-8-6-7-12(4)10-13)16(21)17-14(15(19)20)9-11(2)3/h6-8,10-11,14H,5,9H2,1-4H3,(H,17,21)(H,19,20)/t14-/m1/s1. The molecule has 2 N–H and O–H groups in total. The van der Waals surface area contributed by atoms with Gasteiger partial charge in [0.25, 0.3) is 0 Å². The van der Waals surface area contributed by atoms with E-state index in [4.69, 9.17) is 0 Å². The number of aliphatic carboxylic acids is 1. The molecule has 2 amide bonds. The van der Waals surface area contributed by atoms with E-state index in [0.29, 0.717) is 13.0 Å². The van der Waals surface area contributed by atoms with Gasteiger partial charge in [0, 0.05) is 12.2 Å². The average molecular weight is 292 g/mol. The third kappa shape index (κ3) is 5.10. The number of anilines is 1. The quantitative estimate of drug-likeness (QED) is 0.846. The summed E-state index contributed by atoms with van der Waals surface area (Å²) in [6.45, 7) is 8.15. The van der Waals surface area contributed by atoms with Crippen LogP contribution in [0.25, 0.3) is 0 Å². The maximum absolute atomic E-state index is 12.3. The van der Waals surface area contributed by atoms with Gasteiger partial charge in [-0.15, -0.1) is 0 Å². The Labute approximate surface area is 126 Å².